The van der Waals surface area contributed by atoms with Crippen LogP contribution in [-0.4, -0.2) is 16.3 Å². The van der Waals surface area contributed by atoms with Gasteiger partial charge in [-0.25, -0.2) is 0 Å². The van der Waals surface area contributed by atoms with Gasteiger partial charge in [-0.2, -0.15) is 0 Å². The van der Waals surface area contributed by atoms with E-state index in [1.54, 1.807) is 0 Å². The van der Waals surface area contributed by atoms with E-state index in [2.05, 4.69) is 37.0 Å². The van der Waals surface area contributed by atoms with E-state index in [1.807, 2.05) is 29.0 Å². The van der Waals surface area contributed by atoms with Gasteiger partial charge < -0.3 is 14.5 Å². The molecule has 0 radical (unpaired) electrons. The second-order valence-electron chi connectivity index (χ2n) is 5.70. The highest BCUT2D eigenvalue weighted by Gasteiger charge is 2.15. The van der Waals surface area contributed by atoms with Crippen LogP contribution in [0.2, 0.25) is 0 Å². The number of aromatic amines is 1. The minimum atomic E-state index is 0.276. The molecule has 2 heterocycles. The Morgan fingerprint density at radius 1 is 1.04 bits per heavy atom. The van der Waals surface area contributed by atoms with Crippen molar-refractivity contribution in [3.63, 3.8) is 0 Å². The van der Waals surface area contributed by atoms with E-state index >= 15 is 0 Å². The van der Waals surface area contributed by atoms with Crippen LogP contribution in [0, 0.1) is 18.6 Å². The van der Waals surface area contributed by atoms with E-state index < -0.39 is 0 Å². The van der Waals surface area contributed by atoms with Crippen molar-refractivity contribution in [3.05, 3.63) is 58.5 Å². The Bertz CT molecular complexity index is 956. The predicted octanol–water partition coefficient (Wildman–Crippen LogP) is 4.55. The molecule has 0 spiro atoms. The van der Waals surface area contributed by atoms with E-state index in [9.17, 15) is 0 Å². The van der Waals surface area contributed by atoms with Gasteiger partial charge in [0.2, 0.25) is 6.79 Å². The maximum absolute atomic E-state index is 5.50. The summed E-state index contributed by atoms with van der Waals surface area (Å²) in [5, 5.41) is 0. The van der Waals surface area contributed by atoms with Gasteiger partial charge in [-0.3, -0.25) is 4.57 Å². The fourth-order valence-electron chi connectivity index (χ4n) is 2.86. The van der Waals surface area contributed by atoms with Crippen LogP contribution in [0.1, 0.15) is 11.1 Å². The lowest BCUT2D eigenvalue weighted by Gasteiger charge is -2.07. The van der Waals surface area contributed by atoms with Crippen LogP contribution >= 0.6 is 12.2 Å². The second-order valence-corrected chi connectivity index (χ2v) is 6.09. The van der Waals surface area contributed by atoms with Crippen molar-refractivity contribution in [2.75, 3.05) is 6.79 Å². The van der Waals surface area contributed by atoms with Crippen molar-refractivity contribution in [2.24, 2.45) is 0 Å². The van der Waals surface area contributed by atoms with Crippen molar-refractivity contribution < 1.29 is 9.47 Å². The summed E-state index contributed by atoms with van der Waals surface area (Å²) in [4.78, 5) is 3.27. The Balaban J connectivity index is 1.79. The number of ether oxygens (including phenoxy) is 2. The lowest BCUT2D eigenvalue weighted by Crippen LogP contribution is -1.95. The van der Waals surface area contributed by atoms with Gasteiger partial charge in [-0.05, 0) is 55.9 Å². The number of aromatic nitrogens is 2. The SMILES string of the molecule is Cc1ccc(-n2cc(-c3ccc4c(c3)OCO4)[nH]c2=S)c(C)c1. The number of imidazole rings is 1. The van der Waals surface area contributed by atoms with E-state index in [-0.39, 0.29) is 6.79 Å². The number of benzene rings is 2. The molecule has 23 heavy (non-hydrogen) atoms. The molecule has 1 aromatic heterocycles. The smallest absolute Gasteiger partial charge is 0.231 e. The topological polar surface area (TPSA) is 39.2 Å². The summed E-state index contributed by atoms with van der Waals surface area (Å²) in [5.41, 5.74) is 5.49. The van der Waals surface area contributed by atoms with Crippen LogP contribution in [0.25, 0.3) is 16.9 Å². The van der Waals surface area contributed by atoms with Crippen LogP contribution < -0.4 is 9.47 Å². The predicted molar refractivity (Wildman–Crippen MR) is 92.0 cm³/mol. The molecule has 4 nitrogen and oxygen atoms in total. The number of hydrogen-bond donors (Lipinski definition) is 1. The highest BCUT2D eigenvalue weighted by atomic mass is 32.1. The maximum atomic E-state index is 5.50. The zero-order valence-electron chi connectivity index (χ0n) is 12.9. The molecule has 0 bridgehead atoms. The van der Waals surface area contributed by atoms with Crippen molar-refractivity contribution in [1.29, 1.82) is 0 Å². The third-order valence-electron chi connectivity index (χ3n) is 4.01. The molecule has 0 fully saturated rings. The first-order valence-electron chi connectivity index (χ1n) is 7.41. The largest absolute Gasteiger partial charge is 0.454 e. The van der Waals surface area contributed by atoms with E-state index in [1.165, 1.54) is 11.1 Å². The number of hydrogen-bond acceptors (Lipinski definition) is 3. The number of nitrogens with zero attached hydrogens (tertiary/aromatic N) is 1. The molecule has 1 N–H and O–H groups in total. The van der Waals surface area contributed by atoms with Gasteiger partial charge in [0.25, 0.3) is 0 Å². The monoisotopic (exact) mass is 324 g/mol. The molecule has 116 valence electrons. The Hall–Kier alpha value is -2.53. The first kappa shape index (κ1) is 14.1. The summed E-state index contributed by atoms with van der Waals surface area (Å²) in [5.74, 6) is 1.54. The Morgan fingerprint density at radius 2 is 1.87 bits per heavy atom. The molecule has 1 aliphatic rings. The fraction of sp³-hybridized carbons (Fsp3) is 0.167. The van der Waals surface area contributed by atoms with Crippen molar-refractivity contribution in [2.45, 2.75) is 13.8 Å². The Kier molecular flexibility index (Phi) is 3.23. The van der Waals surface area contributed by atoms with Gasteiger partial charge in [0.1, 0.15) is 0 Å². The number of fused-ring (bicyclic) bond motifs is 1. The summed E-state index contributed by atoms with van der Waals surface area (Å²) < 4.78 is 13.5. The third-order valence-corrected chi connectivity index (χ3v) is 4.31. The summed E-state index contributed by atoms with van der Waals surface area (Å²) >= 11 is 5.50. The van der Waals surface area contributed by atoms with Gasteiger partial charge in [-0.1, -0.05) is 17.7 Å². The minimum absolute atomic E-state index is 0.276. The van der Waals surface area contributed by atoms with Crippen LogP contribution in [0.3, 0.4) is 0 Å². The van der Waals surface area contributed by atoms with Crippen LogP contribution in [0.5, 0.6) is 11.5 Å². The molecule has 5 heteroatoms. The molecule has 3 aromatic rings. The first-order chi connectivity index (χ1) is 11.1. The molecule has 0 saturated heterocycles. The third kappa shape index (κ3) is 2.43. The van der Waals surface area contributed by atoms with Crippen molar-refractivity contribution in [3.8, 4) is 28.4 Å². The number of aryl methyl sites for hydroxylation is 2. The average molecular weight is 324 g/mol. The van der Waals surface area contributed by atoms with Gasteiger partial charge in [-0.15, -0.1) is 0 Å². The second kappa shape index (κ2) is 5.28. The molecular formula is C18H16N2O2S. The van der Waals surface area contributed by atoms with Gasteiger partial charge in [0.15, 0.2) is 16.3 Å². The molecule has 0 amide bonds. The first-order valence-corrected chi connectivity index (χ1v) is 7.82. The van der Waals surface area contributed by atoms with Gasteiger partial charge >= 0.3 is 0 Å². The number of nitrogens with one attached hydrogen (secondary N) is 1. The minimum Gasteiger partial charge on any atom is -0.454 e. The van der Waals surface area contributed by atoms with E-state index in [0.717, 1.165) is 28.4 Å². The number of H-pyrrole nitrogens is 1. The molecule has 0 atom stereocenters. The fourth-order valence-corrected chi connectivity index (χ4v) is 3.12. The number of rotatable bonds is 2. The Labute approximate surface area is 139 Å². The van der Waals surface area contributed by atoms with Crippen molar-refractivity contribution in [1.82, 2.24) is 9.55 Å². The van der Waals surface area contributed by atoms with Crippen molar-refractivity contribution >= 4 is 12.2 Å². The zero-order chi connectivity index (χ0) is 16.0. The highest BCUT2D eigenvalue weighted by molar-refractivity contribution is 7.71. The molecule has 0 saturated carbocycles. The standard InChI is InChI=1S/C18H16N2O2S/c1-11-3-5-15(12(2)7-11)20-9-14(19-18(20)23)13-4-6-16-17(8-13)22-10-21-16/h3-9H,10H2,1-2H3,(H,19,23). The summed E-state index contributed by atoms with van der Waals surface area (Å²) in [6, 6.07) is 12.2. The normalized spacial score (nSPS) is 12.6. The van der Waals surface area contributed by atoms with Crippen LogP contribution in [0.15, 0.2) is 42.6 Å². The lowest BCUT2D eigenvalue weighted by atomic mass is 10.1. The molecule has 0 aliphatic carbocycles. The van der Waals surface area contributed by atoms with E-state index in [4.69, 9.17) is 21.7 Å². The van der Waals surface area contributed by atoms with E-state index in [0.29, 0.717) is 4.77 Å². The summed E-state index contributed by atoms with van der Waals surface area (Å²) in [7, 11) is 0. The summed E-state index contributed by atoms with van der Waals surface area (Å²) in [6.45, 7) is 4.46. The van der Waals surface area contributed by atoms with Crippen LogP contribution in [-0.2, 0) is 0 Å². The quantitative estimate of drug-likeness (QED) is 0.703. The lowest BCUT2D eigenvalue weighted by molar-refractivity contribution is 0.174. The maximum Gasteiger partial charge on any atom is 0.231 e. The Morgan fingerprint density at radius 3 is 2.70 bits per heavy atom. The van der Waals surface area contributed by atoms with Gasteiger partial charge in [0.05, 0.1) is 11.4 Å². The molecule has 2 aromatic carbocycles. The zero-order valence-corrected chi connectivity index (χ0v) is 13.7. The van der Waals surface area contributed by atoms with Gasteiger partial charge in [0, 0.05) is 11.8 Å². The molecular weight excluding hydrogens is 308 g/mol. The molecule has 4 rings (SSSR count). The highest BCUT2D eigenvalue weighted by Crippen LogP contribution is 2.35. The molecule has 0 unspecified atom stereocenters. The van der Waals surface area contributed by atoms with Crippen LogP contribution in [0.4, 0.5) is 0 Å². The molecule has 1 aliphatic heterocycles. The average Bonchev–Trinajstić information content (AvgIpc) is 3.13. The summed E-state index contributed by atoms with van der Waals surface area (Å²) in [6.07, 6.45) is 2.03.